The summed E-state index contributed by atoms with van der Waals surface area (Å²) in [5.41, 5.74) is 3.17. The van der Waals surface area contributed by atoms with Gasteiger partial charge in [-0.3, -0.25) is 9.59 Å². The molecular formula is C29H37NO6. The Hall–Kier alpha value is -3.09. The van der Waals surface area contributed by atoms with Crippen molar-refractivity contribution >= 4 is 17.7 Å². The summed E-state index contributed by atoms with van der Waals surface area (Å²) < 4.78 is 17.1. The number of benzene rings is 1. The van der Waals surface area contributed by atoms with E-state index in [0.29, 0.717) is 47.8 Å². The van der Waals surface area contributed by atoms with E-state index in [1.54, 1.807) is 18.2 Å². The second-order valence-corrected chi connectivity index (χ2v) is 10.8. The van der Waals surface area contributed by atoms with Crippen molar-refractivity contribution in [1.82, 2.24) is 5.32 Å². The number of ether oxygens (including phenoxy) is 3. The van der Waals surface area contributed by atoms with Gasteiger partial charge in [-0.05, 0) is 69.1 Å². The molecule has 1 aromatic carbocycles. The number of hydrogen-bond acceptors (Lipinski definition) is 7. The summed E-state index contributed by atoms with van der Waals surface area (Å²) in [6.07, 6.45) is 6.00. The van der Waals surface area contributed by atoms with E-state index in [-0.39, 0.29) is 23.3 Å². The molecule has 1 fully saturated rings. The lowest BCUT2D eigenvalue weighted by molar-refractivity contribution is -0.146. The lowest BCUT2D eigenvalue weighted by Gasteiger charge is -2.39. The van der Waals surface area contributed by atoms with Crippen LogP contribution in [0, 0.1) is 5.41 Å². The lowest BCUT2D eigenvalue weighted by Crippen LogP contribution is -2.39. The van der Waals surface area contributed by atoms with Crippen molar-refractivity contribution in [1.29, 1.82) is 0 Å². The summed E-state index contributed by atoms with van der Waals surface area (Å²) >= 11 is 0. The van der Waals surface area contributed by atoms with Crippen molar-refractivity contribution in [2.75, 3.05) is 6.61 Å². The standard InChI is InChI=1S/C29H37NO6/c1-6-34-24-14-19(12-13-23(24)35-18(3)31)26-25(28(33)36-20-10-8-7-9-11-20)17(2)30-21-15-29(4,5)16-22(32)27(21)26/h12-14,20,26,30H,6-11,15-16H2,1-5H3/t26-/m0/s1. The van der Waals surface area contributed by atoms with Crippen LogP contribution in [0.1, 0.15) is 91.0 Å². The van der Waals surface area contributed by atoms with E-state index >= 15 is 0 Å². The number of allylic oxidation sites excluding steroid dienone is 3. The molecule has 7 nitrogen and oxygen atoms in total. The van der Waals surface area contributed by atoms with Crippen LogP contribution in [0.25, 0.3) is 0 Å². The van der Waals surface area contributed by atoms with Crippen LogP contribution in [0.5, 0.6) is 11.5 Å². The minimum absolute atomic E-state index is 0.0243. The highest BCUT2D eigenvalue weighted by molar-refractivity contribution is 6.04. The minimum atomic E-state index is -0.591. The summed E-state index contributed by atoms with van der Waals surface area (Å²) in [5, 5.41) is 3.39. The normalized spacial score (nSPS) is 22.0. The summed E-state index contributed by atoms with van der Waals surface area (Å²) in [5.74, 6) is -0.704. The smallest absolute Gasteiger partial charge is 0.337 e. The van der Waals surface area contributed by atoms with Crippen LogP contribution in [0.2, 0.25) is 0 Å². The third kappa shape index (κ3) is 5.50. The molecule has 1 saturated carbocycles. The van der Waals surface area contributed by atoms with Gasteiger partial charge in [-0.25, -0.2) is 4.79 Å². The maximum atomic E-state index is 13.6. The van der Waals surface area contributed by atoms with E-state index in [2.05, 4.69) is 19.2 Å². The zero-order valence-electron chi connectivity index (χ0n) is 22.0. The molecule has 0 unspecified atom stereocenters. The predicted molar refractivity (Wildman–Crippen MR) is 136 cm³/mol. The third-order valence-electron chi connectivity index (χ3n) is 7.14. The van der Waals surface area contributed by atoms with Gasteiger partial charge in [0.2, 0.25) is 0 Å². The molecule has 1 heterocycles. The molecule has 1 atom stereocenters. The first-order chi connectivity index (χ1) is 17.1. The first-order valence-electron chi connectivity index (χ1n) is 13.0. The van der Waals surface area contributed by atoms with Crippen LogP contribution >= 0.6 is 0 Å². The van der Waals surface area contributed by atoms with E-state index in [1.165, 1.54) is 6.92 Å². The molecular weight excluding hydrogens is 458 g/mol. The van der Waals surface area contributed by atoms with Gasteiger partial charge in [0.15, 0.2) is 17.3 Å². The van der Waals surface area contributed by atoms with Gasteiger partial charge in [0.05, 0.1) is 12.2 Å². The van der Waals surface area contributed by atoms with E-state index in [0.717, 1.165) is 43.4 Å². The Bertz CT molecular complexity index is 1120. The average Bonchev–Trinajstić information content (AvgIpc) is 2.79. The molecule has 7 heteroatoms. The SMILES string of the molecule is CCOc1cc([C@H]2C(C(=O)OC3CCCCC3)=C(C)NC3=C2C(=O)CC(C)(C)C3)ccc1OC(C)=O. The molecule has 0 spiro atoms. The fourth-order valence-corrected chi connectivity index (χ4v) is 5.65. The maximum Gasteiger partial charge on any atom is 0.337 e. The van der Waals surface area contributed by atoms with Crippen molar-refractivity contribution in [2.45, 2.75) is 91.6 Å². The van der Waals surface area contributed by atoms with E-state index in [4.69, 9.17) is 14.2 Å². The molecule has 4 rings (SSSR count). The van der Waals surface area contributed by atoms with Gasteiger partial charge in [-0.2, -0.15) is 0 Å². The van der Waals surface area contributed by atoms with Gasteiger partial charge in [-0.1, -0.05) is 26.3 Å². The predicted octanol–water partition coefficient (Wildman–Crippen LogP) is 5.49. The second kappa shape index (κ2) is 10.5. The number of dihydropyridines is 1. The number of carbonyl (C=O) groups is 3. The Kier molecular flexibility index (Phi) is 7.57. The van der Waals surface area contributed by atoms with E-state index in [9.17, 15) is 14.4 Å². The molecule has 0 aromatic heterocycles. The molecule has 0 bridgehead atoms. The largest absolute Gasteiger partial charge is 0.490 e. The zero-order valence-corrected chi connectivity index (χ0v) is 22.0. The van der Waals surface area contributed by atoms with Gasteiger partial charge in [0.1, 0.15) is 6.10 Å². The minimum Gasteiger partial charge on any atom is -0.490 e. The Balaban J connectivity index is 1.80. The number of esters is 2. The zero-order chi connectivity index (χ0) is 26.0. The van der Waals surface area contributed by atoms with Gasteiger partial charge in [0, 0.05) is 36.2 Å². The quantitative estimate of drug-likeness (QED) is 0.412. The van der Waals surface area contributed by atoms with Gasteiger partial charge < -0.3 is 19.5 Å². The Morgan fingerprint density at radius 2 is 1.81 bits per heavy atom. The van der Waals surface area contributed by atoms with Crippen LogP contribution < -0.4 is 14.8 Å². The molecule has 0 saturated heterocycles. The van der Waals surface area contributed by atoms with E-state index in [1.807, 2.05) is 13.8 Å². The molecule has 36 heavy (non-hydrogen) atoms. The van der Waals surface area contributed by atoms with Crippen LogP contribution in [-0.4, -0.2) is 30.4 Å². The van der Waals surface area contributed by atoms with Crippen LogP contribution in [0.15, 0.2) is 40.7 Å². The number of Topliss-reactive ketones (excluding diaryl/α,β-unsaturated/α-hetero) is 1. The molecule has 1 aliphatic heterocycles. The highest BCUT2D eigenvalue weighted by Gasteiger charge is 2.43. The van der Waals surface area contributed by atoms with Crippen LogP contribution in [0.3, 0.4) is 0 Å². The van der Waals surface area contributed by atoms with Crippen molar-refractivity contribution in [3.05, 3.63) is 46.3 Å². The molecule has 1 N–H and O–H groups in total. The number of rotatable bonds is 6. The molecule has 3 aliphatic rings. The lowest BCUT2D eigenvalue weighted by atomic mass is 9.68. The summed E-state index contributed by atoms with van der Waals surface area (Å²) in [6, 6.07) is 5.24. The summed E-state index contributed by atoms with van der Waals surface area (Å²) in [6.45, 7) is 9.59. The van der Waals surface area contributed by atoms with Crippen molar-refractivity contribution < 1.29 is 28.6 Å². The third-order valence-corrected chi connectivity index (χ3v) is 7.14. The van der Waals surface area contributed by atoms with E-state index < -0.39 is 11.9 Å². The Labute approximate surface area is 213 Å². The average molecular weight is 496 g/mol. The maximum absolute atomic E-state index is 13.6. The van der Waals surface area contributed by atoms with Gasteiger partial charge >= 0.3 is 11.9 Å². The topological polar surface area (TPSA) is 90.9 Å². The fourth-order valence-electron chi connectivity index (χ4n) is 5.65. The first kappa shape index (κ1) is 26.0. The molecule has 0 amide bonds. The van der Waals surface area contributed by atoms with Crippen molar-refractivity contribution in [2.24, 2.45) is 5.41 Å². The highest BCUT2D eigenvalue weighted by atomic mass is 16.6. The van der Waals surface area contributed by atoms with Crippen molar-refractivity contribution in [3.63, 3.8) is 0 Å². The Morgan fingerprint density at radius 1 is 1.08 bits per heavy atom. The number of carbonyl (C=O) groups excluding carboxylic acids is 3. The Morgan fingerprint density at radius 3 is 2.47 bits per heavy atom. The summed E-state index contributed by atoms with van der Waals surface area (Å²) in [7, 11) is 0. The fraction of sp³-hybridized carbons (Fsp3) is 0.552. The number of hydrogen-bond donors (Lipinski definition) is 1. The monoisotopic (exact) mass is 495 g/mol. The molecule has 194 valence electrons. The van der Waals surface area contributed by atoms with Crippen molar-refractivity contribution in [3.8, 4) is 11.5 Å². The van der Waals surface area contributed by atoms with Gasteiger partial charge in [-0.15, -0.1) is 0 Å². The molecule has 2 aliphatic carbocycles. The number of ketones is 1. The van der Waals surface area contributed by atoms with Gasteiger partial charge in [0.25, 0.3) is 0 Å². The molecule has 1 aromatic rings. The van der Waals surface area contributed by atoms with Crippen LogP contribution in [-0.2, 0) is 19.1 Å². The highest BCUT2D eigenvalue weighted by Crippen LogP contribution is 2.48. The molecule has 0 radical (unpaired) electrons. The first-order valence-corrected chi connectivity index (χ1v) is 13.0. The summed E-state index contributed by atoms with van der Waals surface area (Å²) in [4.78, 5) is 38.8. The second-order valence-electron chi connectivity index (χ2n) is 10.8. The number of nitrogens with one attached hydrogen (secondary N) is 1. The van der Waals surface area contributed by atoms with Crippen LogP contribution in [0.4, 0.5) is 0 Å².